The van der Waals surface area contributed by atoms with Crippen LogP contribution in [0.1, 0.15) is 19.3 Å². The number of aliphatic hydroxyl groups is 1. The summed E-state index contributed by atoms with van der Waals surface area (Å²) >= 11 is 0. The number of hydrogen-bond donors (Lipinski definition) is 2. The highest BCUT2D eigenvalue weighted by atomic mass is 16.6. The van der Waals surface area contributed by atoms with Gasteiger partial charge in [0.2, 0.25) is 0 Å². The monoisotopic (exact) mass is 216 g/mol. The fourth-order valence-corrected chi connectivity index (χ4v) is 1.69. The van der Waals surface area contributed by atoms with Gasteiger partial charge in [-0.1, -0.05) is 0 Å². The van der Waals surface area contributed by atoms with Crippen LogP contribution in [0, 0.1) is 0 Å². The number of nitrogens with one attached hydrogen (secondary N) is 1. The van der Waals surface area contributed by atoms with Gasteiger partial charge in [-0.05, 0) is 38.9 Å². The van der Waals surface area contributed by atoms with Crippen molar-refractivity contribution in [2.24, 2.45) is 0 Å². The van der Waals surface area contributed by atoms with E-state index in [1.807, 2.05) is 0 Å². The molecule has 1 aliphatic heterocycles. The number of carbonyl (C=O) groups excluding carboxylic acids is 1. The van der Waals surface area contributed by atoms with E-state index in [0.29, 0.717) is 6.54 Å². The number of carbonyl (C=O) groups is 1. The molecule has 0 atom stereocenters. The summed E-state index contributed by atoms with van der Waals surface area (Å²) in [5, 5.41) is 11.1. The lowest BCUT2D eigenvalue weighted by molar-refractivity contribution is 0.119. The summed E-state index contributed by atoms with van der Waals surface area (Å²) in [6.07, 6.45) is 3.11. The Balaban J connectivity index is 1.89. The van der Waals surface area contributed by atoms with Gasteiger partial charge in [0.05, 0.1) is 6.61 Å². The topological polar surface area (TPSA) is 61.8 Å². The number of aliphatic hydroxyl groups excluding tert-OH is 1. The van der Waals surface area contributed by atoms with Crippen LogP contribution in [-0.2, 0) is 4.74 Å². The lowest BCUT2D eigenvalue weighted by atomic mass is 10.4. The van der Waals surface area contributed by atoms with Crippen LogP contribution >= 0.6 is 0 Å². The Morgan fingerprint density at radius 2 is 2.13 bits per heavy atom. The number of ether oxygens (including phenoxy) is 1. The van der Waals surface area contributed by atoms with E-state index in [1.165, 1.54) is 25.9 Å². The maximum absolute atomic E-state index is 10.9. The highest BCUT2D eigenvalue weighted by Gasteiger charge is 2.10. The molecule has 5 heteroatoms. The maximum Gasteiger partial charge on any atom is 0.407 e. The summed E-state index contributed by atoms with van der Waals surface area (Å²) < 4.78 is 4.65. The van der Waals surface area contributed by atoms with Crippen LogP contribution in [0.5, 0.6) is 0 Å². The van der Waals surface area contributed by atoms with Gasteiger partial charge in [0.15, 0.2) is 0 Å². The van der Waals surface area contributed by atoms with E-state index in [4.69, 9.17) is 5.11 Å². The molecule has 2 N–H and O–H groups in total. The molecule has 0 aromatic rings. The zero-order valence-corrected chi connectivity index (χ0v) is 9.07. The average molecular weight is 216 g/mol. The predicted octanol–water partition coefficient (Wildman–Crippen LogP) is 0.191. The van der Waals surface area contributed by atoms with E-state index in [1.54, 1.807) is 0 Å². The van der Waals surface area contributed by atoms with Gasteiger partial charge < -0.3 is 20.1 Å². The number of nitrogens with zero attached hydrogens (tertiary/aromatic N) is 1. The first kappa shape index (κ1) is 12.3. The third-order valence-corrected chi connectivity index (χ3v) is 2.44. The molecule has 1 amide bonds. The minimum absolute atomic E-state index is 0.0674. The normalized spacial score (nSPS) is 16.6. The van der Waals surface area contributed by atoms with Gasteiger partial charge in [-0.2, -0.15) is 0 Å². The van der Waals surface area contributed by atoms with Crippen LogP contribution in [0.4, 0.5) is 4.79 Å². The standard InChI is InChI=1S/C10H20N2O3/c13-8-9-15-10(14)11-4-3-7-12-5-1-2-6-12/h13H,1-9H2,(H,11,14). The molecule has 0 aromatic carbocycles. The molecular formula is C10H20N2O3. The molecule has 1 fully saturated rings. The van der Waals surface area contributed by atoms with Gasteiger partial charge in [0.25, 0.3) is 0 Å². The van der Waals surface area contributed by atoms with E-state index in [2.05, 4.69) is 15.0 Å². The molecule has 88 valence electrons. The van der Waals surface area contributed by atoms with Crippen LogP contribution in [0.2, 0.25) is 0 Å². The summed E-state index contributed by atoms with van der Waals surface area (Å²) in [6.45, 7) is 4.00. The zero-order chi connectivity index (χ0) is 10.9. The molecule has 0 aliphatic carbocycles. The maximum atomic E-state index is 10.9. The van der Waals surface area contributed by atoms with Crippen molar-refractivity contribution >= 4 is 6.09 Å². The third-order valence-electron chi connectivity index (χ3n) is 2.44. The summed E-state index contributed by atoms with van der Waals surface area (Å²) in [5.41, 5.74) is 0. The average Bonchev–Trinajstić information content (AvgIpc) is 2.74. The van der Waals surface area contributed by atoms with Crippen molar-refractivity contribution in [3.63, 3.8) is 0 Å². The van der Waals surface area contributed by atoms with E-state index in [-0.39, 0.29) is 13.2 Å². The first-order chi connectivity index (χ1) is 7.33. The Morgan fingerprint density at radius 1 is 1.40 bits per heavy atom. The van der Waals surface area contributed by atoms with Gasteiger partial charge in [-0.25, -0.2) is 4.79 Å². The van der Waals surface area contributed by atoms with Crippen molar-refractivity contribution in [2.45, 2.75) is 19.3 Å². The Bertz CT molecular complexity index is 182. The summed E-state index contributed by atoms with van der Waals surface area (Å²) in [6, 6.07) is 0. The Hall–Kier alpha value is -0.810. The van der Waals surface area contributed by atoms with E-state index in [9.17, 15) is 4.79 Å². The minimum atomic E-state index is -0.439. The highest BCUT2D eigenvalue weighted by Crippen LogP contribution is 2.06. The Labute approximate surface area is 90.4 Å². The largest absolute Gasteiger partial charge is 0.447 e. The molecule has 0 spiro atoms. The first-order valence-electron chi connectivity index (χ1n) is 5.57. The van der Waals surface area contributed by atoms with Crippen LogP contribution in [0.25, 0.3) is 0 Å². The number of rotatable bonds is 6. The smallest absolute Gasteiger partial charge is 0.407 e. The van der Waals surface area contributed by atoms with Gasteiger partial charge >= 0.3 is 6.09 Å². The summed E-state index contributed by atoms with van der Waals surface area (Å²) in [5.74, 6) is 0. The van der Waals surface area contributed by atoms with Gasteiger partial charge in [-0.15, -0.1) is 0 Å². The van der Waals surface area contributed by atoms with Crippen molar-refractivity contribution < 1.29 is 14.6 Å². The first-order valence-corrected chi connectivity index (χ1v) is 5.57. The van der Waals surface area contributed by atoms with Crippen LogP contribution in [0.15, 0.2) is 0 Å². The molecule has 15 heavy (non-hydrogen) atoms. The van der Waals surface area contributed by atoms with Gasteiger partial charge in [0.1, 0.15) is 6.61 Å². The summed E-state index contributed by atoms with van der Waals surface area (Å²) in [7, 11) is 0. The second-order valence-electron chi connectivity index (χ2n) is 3.69. The highest BCUT2D eigenvalue weighted by molar-refractivity contribution is 5.66. The molecule has 1 rings (SSSR count). The van der Waals surface area contributed by atoms with Crippen molar-refractivity contribution in [1.29, 1.82) is 0 Å². The number of hydrogen-bond acceptors (Lipinski definition) is 4. The fraction of sp³-hybridized carbons (Fsp3) is 0.900. The Morgan fingerprint density at radius 3 is 2.80 bits per heavy atom. The van der Waals surface area contributed by atoms with Crippen molar-refractivity contribution in [3.05, 3.63) is 0 Å². The van der Waals surface area contributed by atoms with Crippen molar-refractivity contribution in [2.75, 3.05) is 39.4 Å². The SMILES string of the molecule is O=C(NCCCN1CCCC1)OCCO. The van der Waals surface area contributed by atoms with E-state index >= 15 is 0 Å². The molecule has 0 saturated carbocycles. The molecule has 0 bridgehead atoms. The van der Waals surface area contributed by atoms with Crippen LogP contribution in [-0.4, -0.2) is 55.5 Å². The molecule has 0 aromatic heterocycles. The molecule has 1 aliphatic rings. The third kappa shape index (κ3) is 5.59. The molecule has 1 saturated heterocycles. The quantitative estimate of drug-likeness (QED) is 0.622. The van der Waals surface area contributed by atoms with Crippen LogP contribution in [0.3, 0.4) is 0 Å². The van der Waals surface area contributed by atoms with E-state index < -0.39 is 6.09 Å². The lowest BCUT2D eigenvalue weighted by Gasteiger charge is -2.14. The zero-order valence-electron chi connectivity index (χ0n) is 9.07. The molecule has 5 nitrogen and oxygen atoms in total. The number of alkyl carbamates (subject to hydrolysis) is 1. The van der Waals surface area contributed by atoms with Crippen LogP contribution < -0.4 is 5.32 Å². The molecular weight excluding hydrogens is 196 g/mol. The van der Waals surface area contributed by atoms with Crippen molar-refractivity contribution in [1.82, 2.24) is 10.2 Å². The van der Waals surface area contributed by atoms with E-state index in [0.717, 1.165) is 13.0 Å². The second kappa shape index (κ2) is 7.48. The molecule has 1 heterocycles. The van der Waals surface area contributed by atoms with Gasteiger partial charge in [0, 0.05) is 6.54 Å². The van der Waals surface area contributed by atoms with Gasteiger partial charge in [-0.3, -0.25) is 0 Å². The Kier molecular flexibility index (Phi) is 6.11. The fourth-order valence-electron chi connectivity index (χ4n) is 1.69. The molecule has 0 radical (unpaired) electrons. The number of amides is 1. The minimum Gasteiger partial charge on any atom is -0.447 e. The summed E-state index contributed by atoms with van der Waals surface area (Å²) in [4.78, 5) is 13.3. The number of likely N-dealkylation sites (tertiary alicyclic amines) is 1. The predicted molar refractivity (Wildman–Crippen MR) is 56.7 cm³/mol. The molecule has 0 unspecified atom stereocenters. The van der Waals surface area contributed by atoms with Crippen molar-refractivity contribution in [3.8, 4) is 0 Å². The second-order valence-corrected chi connectivity index (χ2v) is 3.69. The lowest BCUT2D eigenvalue weighted by Crippen LogP contribution is -2.29.